The molecule has 0 amide bonds. The molecule has 0 saturated heterocycles. The molecule has 108 valence electrons. The van der Waals surface area contributed by atoms with Crippen LogP contribution in [0.15, 0.2) is 30.6 Å². The van der Waals surface area contributed by atoms with E-state index in [0.29, 0.717) is 13.0 Å². The SMILES string of the molecule is OCCCN(CCO)Cc1cnc(-c2ccccn2)s1. The van der Waals surface area contributed by atoms with Crippen molar-refractivity contribution >= 4 is 11.3 Å². The van der Waals surface area contributed by atoms with Crippen LogP contribution in [-0.4, -0.2) is 51.4 Å². The van der Waals surface area contributed by atoms with Crippen molar-refractivity contribution in [3.05, 3.63) is 35.5 Å². The Hall–Kier alpha value is -1.34. The van der Waals surface area contributed by atoms with Crippen molar-refractivity contribution < 1.29 is 10.2 Å². The second-order valence-corrected chi connectivity index (χ2v) is 5.54. The van der Waals surface area contributed by atoms with Crippen LogP contribution < -0.4 is 0 Å². The summed E-state index contributed by atoms with van der Waals surface area (Å²) in [5.41, 5.74) is 0.882. The van der Waals surface area contributed by atoms with E-state index in [1.54, 1.807) is 17.5 Å². The van der Waals surface area contributed by atoms with E-state index < -0.39 is 0 Å². The molecule has 0 radical (unpaired) electrons. The summed E-state index contributed by atoms with van der Waals surface area (Å²) in [6.07, 6.45) is 4.33. The van der Waals surface area contributed by atoms with Gasteiger partial charge >= 0.3 is 0 Å². The van der Waals surface area contributed by atoms with Crippen molar-refractivity contribution in [1.29, 1.82) is 0 Å². The molecule has 5 nitrogen and oxygen atoms in total. The second kappa shape index (κ2) is 8.06. The molecular formula is C14H19N3O2S. The summed E-state index contributed by atoms with van der Waals surface area (Å²) in [7, 11) is 0. The van der Waals surface area contributed by atoms with Crippen molar-refractivity contribution in [3.63, 3.8) is 0 Å². The number of aromatic nitrogens is 2. The number of pyridine rings is 1. The molecule has 0 saturated carbocycles. The van der Waals surface area contributed by atoms with E-state index in [1.165, 1.54) is 0 Å². The number of aliphatic hydroxyl groups excluding tert-OH is 2. The van der Waals surface area contributed by atoms with Crippen LogP contribution in [0.4, 0.5) is 0 Å². The molecule has 0 bridgehead atoms. The van der Waals surface area contributed by atoms with Gasteiger partial charge in [0.25, 0.3) is 0 Å². The number of nitrogens with zero attached hydrogens (tertiary/aromatic N) is 3. The molecule has 0 fully saturated rings. The number of hydrogen-bond acceptors (Lipinski definition) is 6. The van der Waals surface area contributed by atoms with Crippen LogP contribution in [0.1, 0.15) is 11.3 Å². The predicted octanol–water partition coefficient (Wildman–Crippen LogP) is 1.38. The molecule has 2 rings (SSSR count). The lowest BCUT2D eigenvalue weighted by atomic mass is 10.3. The smallest absolute Gasteiger partial charge is 0.142 e. The third kappa shape index (κ3) is 4.35. The molecule has 2 aromatic rings. The Balaban J connectivity index is 2.00. The summed E-state index contributed by atoms with van der Waals surface area (Å²) in [5, 5.41) is 18.9. The maximum atomic E-state index is 9.07. The van der Waals surface area contributed by atoms with Gasteiger partial charge in [0, 0.05) is 43.5 Å². The highest BCUT2D eigenvalue weighted by Gasteiger charge is 2.10. The zero-order valence-electron chi connectivity index (χ0n) is 11.3. The molecule has 0 unspecified atom stereocenters. The molecule has 2 heterocycles. The van der Waals surface area contributed by atoms with E-state index in [1.807, 2.05) is 24.4 Å². The summed E-state index contributed by atoms with van der Waals surface area (Å²) in [6, 6.07) is 5.78. The minimum Gasteiger partial charge on any atom is -0.396 e. The van der Waals surface area contributed by atoms with Gasteiger partial charge in [0.15, 0.2) is 0 Å². The van der Waals surface area contributed by atoms with E-state index in [9.17, 15) is 0 Å². The first-order chi connectivity index (χ1) is 9.83. The van der Waals surface area contributed by atoms with Gasteiger partial charge in [0.05, 0.1) is 12.3 Å². The zero-order valence-corrected chi connectivity index (χ0v) is 12.1. The van der Waals surface area contributed by atoms with Crippen LogP contribution in [0.2, 0.25) is 0 Å². The first-order valence-electron chi connectivity index (χ1n) is 6.63. The average molecular weight is 293 g/mol. The molecule has 20 heavy (non-hydrogen) atoms. The number of rotatable bonds is 8. The summed E-state index contributed by atoms with van der Waals surface area (Å²) in [6.45, 7) is 2.41. The maximum Gasteiger partial charge on any atom is 0.142 e. The Kier molecular flexibility index (Phi) is 6.07. The molecule has 0 aliphatic carbocycles. The predicted molar refractivity (Wildman–Crippen MR) is 79.4 cm³/mol. The fraction of sp³-hybridized carbons (Fsp3) is 0.429. The Bertz CT molecular complexity index is 504. The summed E-state index contributed by atoms with van der Waals surface area (Å²) < 4.78 is 0. The van der Waals surface area contributed by atoms with Crippen molar-refractivity contribution in [2.24, 2.45) is 0 Å². The Morgan fingerprint density at radius 2 is 2.00 bits per heavy atom. The van der Waals surface area contributed by atoms with Crippen molar-refractivity contribution in [2.45, 2.75) is 13.0 Å². The fourth-order valence-corrected chi connectivity index (χ4v) is 2.85. The Labute approximate surface area is 122 Å². The monoisotopic (exact) mass is 293 g/mol. The zero-order chi connectivity index (χ0) is 14.2. The number of aliphatic hydroxyl groups is 2. The van der Waals surface area contributed by atoms with E-state index in [4.69, 9.17) is 10.2 Å². The van der Waals surface area contributed by atoms with Crippen LogP contribution in [0.25, 0.3) is 10.7 Å². The van der Waals surface area contributed by atoms with E-state index in [0.717, 1.165) is 28.7 Å². The quantitative estimate of drug-likeness (QED) is 0.769. The summed E-state index contributed by atoms with van der Waals surface area (Å²) in [4.78, 5) is 11.9. The van der Waals surface area contributed by atoms with Crippen molar-refractivity contribution in [1.82, 2.24) is 14.9 Å². The molecule has 0 atom stereocenters. The summed E-state index contributed by atoms with van der Waals surface area (Å²) in [5.74, 6) is 0. The van der Waals surface area contributed by atoms with Gasteiger partial charge in [-0.05, 0) is 18.6 Å². The van der Waals surface area contributed by atoms with Crippen LogP contribution in [0.3, 0.4) is 0 Å². The second-order valence-electron chi connectivity index (χ2n) is 4.42. The van der Waals surface area contributed by atoms with E-state index in [-0.39, 0.29) is 13.2 Å². The third-order valence-corrected chi connectivity index (χ3v) is 3.87. The third-order valence-electron chi connectivity index (χ3n) is 2.87. The van der Waals surface area contributed by atoms with E-state index in [2.05, 4.69) is 14.9 Å². The lowest BCUT2D eigenvalue weighted by molar-refractivity contribution is 0.175. The Morgan fingerprint density at radius 1 is 1.10 bits per heavy atom. The average Bonchev–Trinajstić information content (AvgIpc) is 2.94. The van der Waals surface area contributed by atoms with Gasteiger partial charge in [-0.15, -0.1) is 11.3 Å². The topological polar surface area (TPSA) is 69.5 Å². The van der Waals surface area contributed by atoms with Gasteiger partial charge in [-0.2, -0.15) is 0 Å². The molecule has 6 heteroatoms. The normalized spacial score (nSPS) is 11.2. The molecule has 0 aliphatic rings. The van der Waals surface area contributed by atoms with Crippen LogP contribution >= 0.6 is 11.3 Å². The molecule has 0 aliphatic heterocycles. The Morgan fingerprint density at radius 3 is 2.70 bits per heavy atom. The minimum absolute atomic E-state index is 0.122. The molecule has 0 spiro atoms. The highest BCUT2D eigenvalue weighted by molar-refractivity contribution is 7.14. The van der Waals surface area contributed by atoms with Crippen LogP contribution in [-0.2, 0) is 6.54 Å². The number of thiazole rings is 1. The van der Waals surface area contributed by atoms with Gasteiger partial charge in [-0.3, -0.25) is 9.88 Å². The largest absolute Gasteiger partial charge is 0.396 e. The molecule has 0 aromatic carbocycles. The fourth-order valence-electron chi connectivity index (χ4n) is 1.91. The van der Waals surface area contributed by atoms with Gasteiger partial charge < -0.3 is 10.2 Å². The van der Waals surface area contributed by atoms with Gasteiger partial charge in [0.1, 0.15) is 5.01 Å². The maximum absolute atomic E-state index is 9.07. The number of hydrogen-bond donors (Lipinski definition) is 2. The van der Waals surface area contributed by atoms with Crippen molar-refractivity contribution in [3.8, 4) is 10.7 Å². The minimum atomic E-state index is 0.122. The van der Waals surface area contributed by atoms with Crippen LogP contribution in [0.5, 0.6) is 0 Å². The summed E-state index contributed by atoms with van der Waals surface area (Å²) >= 11 is 1.61. The first kappa shape index (κ1) is 15.1. The van der Waals surface area contributed by atoms with Crippen molar-refractivity contribution in [2.75, 3.05) is 26.3 Å². The standard InChI is InChI=1S/C14H19N3O2S/c18-8-3-6-17(7-9-19)11-12-10-16-14(20-12)13-4-1-2-5-15-13/h1-2,4-5,10,18-19H,3,6-9,11H2. The van der Waals surface area contributed by atoms with E-state index >= 15 is 0 Å². The van der Waals surface area contributed by atoms with Crippen LogP contribution in [0, 0.1) is 0 Å². The van der Waals surface area contributed by atoms with Gasteiger partial charge in [-0.1, -0.05) is 6.07 Å². The highest BCUT2D eigenvalue weighted by atomic mass is 32.1. The first-order valence-corrected chi connectivity index (χ1v) is 7.45. The molecule has 2 aromatic heterocycles. The van der Waals surface area contributed by atoms with Gasteiger partial charge in [0.2, 0.25) is 0 Å². The lowest BCUT2D eigenvalue weighted by Gasteiger charge is -2.19. The highest BCUT2D eigenvalue weighted by Crippen LogP contribution is 2.24. The molecule has 2 N–H and O–H groups in total. The lowest BCUT2D eigenvalue weighted by Crippen LogP contribution is -2.27. The van der Waals surface area contributed by atoms with Gasteiger partial charge in [-0.25, -0.2) is 4.98 Å². The molecular weight excluding hydrogens is 274 g/mol.